The first-order chi connectivity index (χ1) is 14.6. The normalized spacial score (nSPS) is 10.5. The van der Waals surface area contributed by atoms with Gasteiger partial charge in [-0.3, -0.25) is 4.79 Å². The average molecular weight is 436 g/mol. The number of rotatable bonds is 8. The molecule has 0 radical (unpaired) electrons. The van der Waals surface area contributed by atoms with Gasteiger partial charge in [-0.1, -0.05) is 29.8 Å². The Morgan fingerprint density at radius 2 is 1.83 bits per heavy atom. The molecule has 0 aromatic heterocycles. The Kier molecular flexibility index (Phi) is 7.90. The lowest BCUT2D eigenvalue weighted by atomic mass is 10.1. The van der Waals surface area contributed by atoms with Crippen LogP contribution in [-0.4, -0.2) is 17.9 Å². The zero-order valence-corrected chi connectivity index (χ0v) is 17.5. The fourth-order valence-electron chi connectivity index (χ4n) is 2.46. The van der Waals surface area contributed by atoms with Crippen molar-refractivity contribution in [1.29, 1.82) is 5.26 Å². The maximum absolute atomic E-state index is 11.9. The lowest BCUT2D eigenvalue weighted by molar-refractivity contribution is -0.118. The van der Waals surface area contributed by atoms with Crippen molar-refractivity contribution >= 4 is 35.5 Å². The molecule has 3 rings (SSSR count). The third-order valence-corrected chi connectivity index (χ3v) is 5.26. The summed E-state index contributed by atoms with van der Waals surface area (Å²) in [5, 5.41) is 13.8. The van der Waals surface area contributed by atoms with Gasteiger partial charge in [-0.2, -0.15) is 10.4 Å². The number of hydrogen-bond donors (Lipinski definition) is 1. The third kappa shape index (κ3) is 6.66. The molecule has 0 spiro atoms. The van der Waals surface area contributed by atoms with E-state index in [1.54, 1.807) is 24.4 Å². The molecule has 150 valence electrons. The Labute approximate surface area is 184 Å². The predicted octanol–water partition coefficient (Wildman–Crippen LogP) is 5.03. The van der Waals surface area contributed by atoms with Gasteiger partial charge in [0.1, 0.15) is 12.4 Å². The van der Waals surface area contributed by atoms with E-state index < -0.39 is 0 Å². The number of nitrogens with one attached hydrogen (secondary N) is 1. The van der Waals surface area contributed by atoms with Crippen molar-refractivity contribution in [3.05, 3.63) is 94.5 Å². The number of nitrogens with zero attached hydrogens (tertiary/aromatic N) is 2. The first-order valence-corrected chi connectivity index (χ1v) is 10.4. The monoisotopic (exact) mass is 435 g/mol. The highest BCUT2D eigenvalue weighted by molar-refractivity contribution is 8.00. The lowest BCUT2D eigenvalue weighted by Gasteiger charge is -2.07. The Morgan fingerprint density at radius 1 is 1.10 bits per heavy atom. The smallest absolute Gasteiger partial charge is 0.250 e. The highest BCUT2D eigenvalue weighted by Crippen LogP contribution is 2.20. The topological polar surface area (TPSA) is 74.5 Å². The number of hydrogen-bond acceptors (Lipinski definition) is 5. The van der Waals surface area contributed by atoms with Gasteiger partial charge in [0.25, 0.3) is 0 Å². The molecular formula is C23H18ClN3O2S. The second kappa shape index (κ2) is 11.1. The molecule has 0 saturated heterocycles. The molecule has 0 saturated carbocycles. The van der Waals surface area contributed by atoms with Crippen LogP contribution < -0.4 is 10.2 Å². The molecule has 30 heavy (non-hydrogen) atoms. The van der Waals surface area contributed by atoms with Gasteiger partial charge in [0.05, 0.1) is 23.6 Å². The number of nitriles is 1. The number of halogens is 1. The molecule has 0 unspecified atom stereocenters. The second-order valence-electron chi connectivity index (χ2n) is 6.16. The summed E-state index contributed by atoms with van der Waals surface area (Å²) >= 11 is 7.25. The number of amides is 1. The third-order valence-electron chi connectivity index (χ3n) is 4.00. The van der Waals surface area contributed by atoms with Gasteiger partial charge < -0.3 is 4.74 Å². The standard InChI is InChI=1S/C23H18ClN3O2S/c24-20-7-11-22(12-8-20)30-16-23(28)27-26-14-17-5-9-21(10-6-17)29-15-19-4-2-1-3-18(19)13-25/h1-12,14H,15-16H2,(H,27,28)/b26-14-. The Morgan fingerprint density at radius 3 is 2.57 bits per heavy atom. The van der Waals surface area contributed by atoms with Crippen molar-refractivity contribution in [2.75, 3.05) is 5.75 Å². The van der Waals surface area contributed by atoms with Crippen LogP contribution in [0.3, 0.4) is 0 Å². The quantitative estimate of drug-likeness (QED) is 0.306. The van der Waals surface area contributed by atoms with Crippen LogP contribution in [0.15, 0.2) is 82.8 Å². The number of thioether (sulfide) groups is 1. The first kappa shape index (κ1) is 21.4. The molecule has 0 bridgehead atoms. The van der Waals surface area contributed by atoms with Gasteiger partial charge in [-0.05, 0) is 60.2 Å². The van der Waals surface area contributed by atoms with Gasteiger partial charge in [-0.25, -0.2) is 5.43 Å². The molecule has 0 aliphatic rings. The van der Waals surface area contributed by atoms with Crippen molar-refractivity contribution < 1.29 is 9.53 Å². The average Bonchev–Trinajstić information content (AvgIpc) is 2.78. The summed E-state index contributed by atoms with van der Waals surface area (Å²) in [4.78, 5) is 12.8. The molecule has 0 aliphatic heterocycles. The first-order valence-electron chi connectivity index (χ1n) is 9.05. The van der Waals surface area contributed by atoms with E-state index >= 15 is 0 Å². The molecule has 0 atom stereocenters. The number of hydrazone groups is 1. The molecule has 0 fully saturated rings. The largest absolute Gasteiger partial charge is 0.489 e. The van der Waals surface area contributed by atoms with Crippen molar-refractivity contribution in [3.8, 4) is 11.8 Å². The molecule has 7 heteroatoms. The lowest BCUT2D eigenvalue weighted by Crippen LogP contribution is -2.19. The van der Waals surface area contributed by atoms with Crippen LogP contribution in [-0.2, 0) is 11.4 Å². The van der Waals surface area contributed by atoms with Crippen LogP contribution in [0.2, 0.25) is 5.02 Å². The van der Waals surface area contributed by atoms with E-state index in [0.717, 1.165) is 16.0 Å². The molecule has 5 nitrogen and oxygen atoms in total. The van der Waals surface area contributed by atoms with Crippen molar-refractivity contribution in [2.45, 2.75) is 11.5 Å². The predicted molar refractivity (Wildman–Crippen MR) is 120 cm³/mol. The molecule has 0 heterocycles. The van der Waals surface area contributed by atoms with Crippen LogP contribution in [0.25, 0.3) is 0 Å². The van der Waals surface area contributed by atoms with Crippen LogP contribution in [0.5, 0.6) is 5.75 Å². The van der Waals surface area contributed by atoms with E-state index in [-0.39, 0.29) is 11.7 Å². The minimum Gasteiger partial charge on any atom is -0.489 e. The number of carbonyl (C=O) groups excluding carboxylic acids is 1. The Hall–Kier alpha value is -3.27. The minimum atomic E-state index is -0.192. The van der Waals surface area contributed by atoms with Gasteiger partial charge in [0, 0.05) is 15.5 Å². The summed E-state index contributed by atoms with van der Waals surface area (Å²) in [5.74, 6) is 0.751. The van der Waals surface area contributed by atoms with Crippen LogP contribution in [0.4, 0.5) is 0 Å². The molecule has 1 amide bonds. The number of benzene rings is 3. The van der Waals surface area contributed by atoms with E-state index in [9.17, 15) is 4.79 Å². The van der Waals surface area contributed by atoms with Crippen molar-refractivity contribution in [3.63, 3.8) is 0 Å². The van der Waals surface area contributed by atoms with E-state index in [1.165, 1.54) is 11.8 Å². The summed E-state index contributed by atoms with van der Waals surface area (Å²) in [6, 6.07) is 24.1. The maximum atomic E-state index is 11.9. The van der Waals surface area contributed by atoms with Crippen molar-refractivity contribution in [1.82, 2.24) is 5.43 Å². The van der Waals surface area contributed by atoms with Crippen LogP contribution >= 0.6 is 23.4 Å². The molecular weight excluding hydrogens is 418 g/mol. The Bertz CT molecular complexity index is 1060. The second-order valence-corrected chi connectivity index (χ2v) is 7.65. The van der Waals surface area contributed by atoms with E-state index in [1.807, 2.05) is 54.6 Å². The minimum absolute atomic E-state index is 0.192. The molecule has 3 aromatic rings. The number of ether oxygens (including phenoxy) is 1. The van der Waals surface area contributed by atoms with Gasteiger partial charge in [0.2, 0.25) is 5.91 Å². The van der Waals surface area contributed by atoms with Crippen LogP contribution in [0, 0.1) is 11.3 Å². The van der Waals surface area contributed by atoms with Crippen LogP contribution in [0.1, 0.15) is 16.7 Å². The van der Waals surface area contributed by atoms with Crippen molar-refractivity contribution in [2.24, 2.45) is 5.10 Å². The number of carbonyl (C=O) groups is 1. The maximum Gasteiger partial charge on any atom is 0.250 e. The van der Waals surface area contributed by atoms with Gasteiger partial charge in [0.15, 0.2) is 0 Å². The van der Waals surface area contributed by atoms with Gasteiger partial charge in [-0.15, -0.1) is 11.8 Å². The fourth-order valence-corrected chi connectivity index (χ4v) is 3.27. The van der Waals surface area contributed by atoms with E-state index in [4.69, 9.17) is 21.6 Å². The summed E-state index contributed by atoms with van der Waals surface area (Å²) < 4.78 is 5.74. The van der Waals surface area contributed by atoms with Gasteiger partial charge >= 0.3 is 0 Å². The zero-order chi connectivity index (χ0) is 21.2. The fraction of sp³-hybridized carbons (Fsp3) is 0.0870. The molecule has 1 N–H and O–H groups in total. The molecule has 3 aromatic carbocycles. The van der Waals surface area contributed by atoms with E-state index in [2.05, 4.69) is 16.6 Å². The van der Waals surface area contributed by atoms with E-state index in [0.29, 0.717) is 22.9 Å². The highest BCUT2D eigenvalue weighted by atomic mass is 35.5. The summed E-state index contributed by atoms with van der Waals surface area (Å²) in [6.45, 7) is 0.318. The summed E-state index contributed by atoms with van der Waals surface area (Å²) in [5.41, 5.74) is 4.77. The highest BCUT2D eigenvalue weighted by Gasteiger charge is 2.03. The zero-order valence-electron chi connectivity index (χ0n) is 15.9. The summed E-state index contributed by atoms with van der Waals surface area (Å²) in [7, 11) is 0. The summed E-state index contributed by atoms with van der Waals surface area (Å²) in [6.07, 6.45) is 1.57. The Balaban J connectivity index is 1.44. The SMILES string of the molecule is N#Cc1ccccc1COc1ccc(/C=N\NC(=O)CSc2ccc(Cl)cc2)cc1. The molecule has 0 aliphatic carbocycles.